The third-order valence-electron chi connectivity index (χ3n) is 3.73. The highest BCUT2D eigenvalue weighted by molar-refractivity contribution is 9.10. The van der Waals surface area contributed by atoms with Crippen molar-refractivity contribution in [2.75, 3.05) is 0 Å². The Morgan fingerprint density at radius 1 is 1.14 bits per heavy atom. The molecule has 22 heavy (non-hydrogen) atoms. The Labute approximate surface area is 136 Å². The lowest BCUT2D eigenvalue weighted by Gasteiger charge is -2.15. The van der Waals surface area contributed by atoms with Crippen molar-refractivity contribution in [3.8, 4) is 0 Å². The molecule has 1 aliphatic rings. The largest absolute Gasteiger partial charge is 0.472 e. The molecule has 114 valence electrons. The van der Waals surface area contributed by atoms with Crippen LogP contribution in [0.5, 0.6) is 0 Å². The summed E-state index contributed by atoms with van der Waals surface area (Å²) in [7, 11) is 0. The van der Waals surface area contributed by atoms with Gasteiger partial charge in [-0.3, -0.25) is 0 Å². The van der Waals surface area contributed by atoms with Gasteiger partial charge in [-0.05, 0) is 49.2 Å². The van der Waals surface area contributed by atoms with Gasteiger partial charge in [0.15, 0.2) is 0 Å². The van der Waals surface area contributed by atoms with Crippen LogP contribution in [0.1, 0.15) is 29.7 Å². The van der Waals surface area contributed by atoms with E-state index >= 15 is 0 Å². The molecule has 2 aromatic carbocycles. The molecule has 1 heterocycles. The third kappa shape index (κ3) is 2.65. The summed E-state index contributed by atoms with van der Waals surface area (Å²) in [5.41, 5.74) is 1.84. The van der Waals surface area contributed by atoms with Crippen molar-refractivity contribution >= 4 is 21.8 Å². The summed E-state index contributed by atoms with van der Waals surface area (Å²) in [6, 6.07) is 9.31. The first kappa shape index (κ1) is 15.2. The predicted octanol–water partition coefficient (Wildman–Crippen LogP) is 4.94. The number of rotatable bonds is 2. The van der Waals surface area contributed by atoms with Gasteiger partial charge in [-0.25, -0.2) is 13.8 Å². The first-order chi connectivity index (χ1) is 10.5. The minimum absolute atomic E-state index is 0.0235. The van der Waals surface area contributed by atoms with Crippen molar-refractivity contribution in [2.45, 2.75) is 26.0 Å². The molecule has 0 aliphatic carbocycles. The Morgan fingerprint density at radius 3 is 2.45 bits per heavy atom. The quantitative estimate of drug-likeness (QED) is 0.738. The van der Waals surface area contributed by atoms with E-state index in [4.69, 9.17) is 4.74 Å². The van der Waals surface area contributed by atoms with E-state index in [2.05, 4.69) is 20.9 Å². The lowest BCUT2D eigenvalue weighted by atomic mass is 9.99. The zero-order valence-corrected chi connectivity index (χ0v) is 13.7. The summed E-state index contributed by atoms with van der Waals surface area (Å²) in [4.78, 5) is 4.42. The van der Waals surface area contributed by atoms with E-state index in [0.29, 0.717) is 0 Å². The average Bonchev–Trinajstić information content (AvgIpc) is 2.80. The number of aryl methyl sites for hydroxylation is 1. The molecular weight excluding hydrogens is 352 g/mol. The SMILES string of the molecule is Cc1cc(Br)ccc1[C@H]1N=C(c2c(F)cccc2F)O[C@H]1C. The van der Waals surface area contributed by atoms with Crippen LogP contribution >= 0.6 is 15.9 Å². The van der Waals surface area contributed by atoms with Gasteiger partial charge in [-0.2, -0.15) is 0 Å². The molecule has 3 rings (SSSR count). The first-order valence-electron chi connectivity index (χ1n) is 6.92. The number of nitrogens with zero attached hydrogens (tertiary/aromatic N) is 1. The number of benzene rings is 2. The molecule has 0 spiro atoms. The fourth-order valence-corrected chi connectivity index (χ4v) is 3.10. The van der Waals surface area contributed by atoms with Crippen molar-refractivity contribution in [1.29, 1.82) is 0 Å². The van der Waals surface area contributed by atoms with Gasteiger partial charge in [0.2, 0.25) is 5.90 Å². The minimum atomic E-state index is -0.667. The van der Waals surface area contributed by atoms with Crippen LogP contribution < -0.4 is 0 Å². The van der Waals surface area contributed by atoms with Crippen LogP contribution in [0.3, 0.4) is 0 Å². The summed E-state index contributed by atoms with van der Waals surface area (Å²) in [5.74, 6) is -1.31. The van der Waals surface area contributed by atoms with Crippen molar-refractivity contribution in [1.82, 2.24) is 0 Å². The second-order valence-electron chi connectivity index (χ2n) is 5.30. The van der Waals surface area contributed by atoms with Crippen molar-refractivity contribution in [3.63, 3.8) is 0 Å². The van der Waals surface area contributed by atoms with E-state index in [1.54, 1.807) is 0 Å². The van der Waals surface area contributed by atoms with Gasteiger partial charge < -0.3 is 4.74 Å². The summed E-state index contributed by atoms with van der Waals surface area (Å²) < 4.78 is 34.4. The number of hydrogen-bond donors (Lipinski definition) is 0. The Hall–Kier alpha value is -1.75. The van der Waals surface area contributed by atoms with Crippen LogP contribution in [0.2, 0.25) is 0 Å². The highest BCUT2D eigenvalue weighted by atomic mass is 79.9. The highest BCUT2D eigenvalue weighted by Crippen LogP contribution is 2.34. The van der Waals surface area contributed by atoms with E-state index < -0.39 is 11.6 Å². The van der Waals surface area contributed by atoms with Crippen molar-refractivity contribution in [2.24, 2.45) is 4.99 Å². The Morgan fingerprint density at radius 2 is 1.82 bits per heavy atom. The molecule has 5 heteroatoms. The molecule has 0 saturated carbocycles. The van der Waals surface area contributed by atoms with E-state index in [9.17, 15) is 8.78 Å². The lowest BCUT2D eigenvalue weighted by Crippen LogP contribution is -2.14. The van der Waals surface area contributed by atoms with Gasteiger partial charge in [-0.1, -0.05) is 28.1 Å². The van der Waals surface area contributed by atoms with Gasteiger partial charge in [0.25, 0.3) is 0 Å². The van der Waals surface area contributed by atoms with Gasteiger partial charge in [0, 0.05) is 4.47 Å². The zero-order valence-electron chi connectivity index (χ0n) is 12.1. The number of ether oxygens (including phenoxy) is 1. The molecule has 0 bridgehead atoms. The van der Waals surface area contributed by atoms with Crippen molar-refractivity contribution < 1.29 is 13.5 Å². The van der Waals surface area contributed by atoms with Crippen LogP contribution in [0.25, 0.3) is 0 Å². The topological polar surface area (TPSA) is 21.6 Å². The van der Waals surface area contributed by atoms with Gasteiger partial charge >= 0.3 is 0 Å². The maximum absolute atomic E-state index is 13.9. The molecule has 0 saturated heterocycles. The summed E-state index contributed by atoms with van der Waals surface area (Å²) in [6.07, 6.45) is -0.283. The summed E-state index contributed by atoms with van der Waals surface area (Å²) in [6.45, 7) is 3.82. The van der Waals surface area contributed by atoms with Crippen LogP contribution in [0, 0.1) is 18.6 Å². The summed E-state index contributed by atoms with van der Waals surface area (Å²) >= 11 is 3.42. The van der Waals surface area contributed by atoms with Crippen molar-refractivity contribution in [3.05, 3.63) is 69.2 Å². The van der Waals surface area contributed by atoms with E-state index in [1.165, 1.54) is 18.2 Å². The smallest absolute Gasteiger partial charge is 0.223 e. The Kier molecular flexibility index (Phi) is 4.00. The number of hydrogen-bond acceptors (Lipinski definition) is 2. The lowest BCUT2D eigenvalue weighted by molar-refractivity contribution is 0.212. The maximum Gasteiger partial charge on any atom is 0.223 e. The van der Waals surface area contributed by atoms with E-state index in [-0.39, 0.29) is 23.6 Å². The fourth-order valence-electron chi connectivity index (χ4n) is 2.62. The van der Waals surface area contributed by atoms with Crippen LogP contribution in [0.15, 0.2) is 45.9 Å². The molecule has 2 atom stereocenters. The zero-order chi connectivity index (χ0) is 15.9. The van der Waals surface area contributed by atoms with Gasteiger partial charge in [0.05, 0.1) is 0 Å². The molecule has 2 nitrogen and oxygen atoms in total. The van der Waals surface area contributed by atoms with Crippen LogP contribution in [-0.4, -0.2) is 12.0 Å². The molecule has 0 fully saturated rings. The number of halogens is 3. The molecule has 0 N–H and O–H groups in total. The van der Waals surface area contributed by atoms with Gasteiger partial charge in [-0.15, -0.1) is 0 Å². The van der Waals surface area contributed by atoms with Gasteiger partial charge in [0.1, 0.15) is 29.3 Å². The first-order valence-corrected chi connectivity index (χ1v) is 7.71. The molecule has 2 aromatic rings. The minimum Gasteiger partial charge on any atom is -0.472 e. The predicted molar refractivity (Wildman–Crippen MR) is 85.1 cm³/mol. The maximum atomic E-state index is 13.9. The highest BCUT2D eigenvalue weighted by Gasteiger charge is 2.32. The molecule has 1 aliphatic heterocycles. The molecule has 0 radical (unpaired) electrons. The second-order valence-corrected chi connectivity index (χ2v) is 6.22. The molecule has 0 amide bonds. The monoisotopic (exact) mass is 365 g/mol. The van der Waals surface area contributed by atoms with Crippen LogP contribution in [0.4, 0.5) is 8.78 Å². The van der Waals surface area contributed by atoms with Crippen LogP contribution in [-0.2, 0) is 4.74 Å². The fraction of sp³-hybridized carbons (Fsp3) is 0.235. The number of aliphatic imine (C=N–C) groups is 1. The molecule has 0 unspecified atom stereocenters. The molecular formula is C17H14BrF2NO. The standard InChI is InChI=1S/C17H14BrF2NO/c1-9-8-11(18)6-7-12(9)16-10(2)22-17(21-16)15-13(19)4-3-5-14(15)20/h3-8,10,16H,1-2H3/t10-,16-/m0/s1. The Bertz CT molecular complexity index is 740. The third-order valence-corrected chi connectivity index (χ3v) is 4.22. The average molecular weight is 366 g/mol. The summed E-state index contributed by atoms with van der Waals surface area (Å²) in [5, 5.41) is 0. The molecule has 0 aromatic heterocycles. The normalized spacial score (nSPS) is 20.7. The second kappa shape index (κ2) is 5.80. The Balaban J connectivity index is 2.03. The van der Waals surface area contributed by atoms with E-state index in [0.717, 1.165) is 15.6 Å². The van der Waals surface area contributed by atoms with E-state index in [1.807, 2.05) is 32.0 Å².